The van der Waals surface area contributed by atoms with Gasteiger partial charge in [-0.25, -0.2) is 4.68 Å². The summed E-state index contributed by atoms with van der Waals surface area (Å²) in [4.78, 5) is 12.9. The number of benzene rings is 3. The van der Waals surface area contributed by atoms with E-state index in [0.717, 1.165) is 11.3 Å². The van der Waals surface area contributed by atoms with Crippen LogP contribution < -0.4 is 5.32 Å². The Labute approximate surface area is 160 Å². The molecule has 7 heteroatoms. The second-order valence-corrected chi connectivity index (χ2v) is 5.96. The van der Waals surface area contributed by atoms with Gasteiger partial charge in [-0.15, -0.1) is 5.10 Å². The SMILES string of the molecule is N#Cc1ccccc1-c1ccccc1C(=O)Nc1ccc(-n2cnnn2)cc1. The second-order valence-electron chi connectivity index (χ2n) is 5.96. The van der Waals surface area contributed by atoms with E-state index in [9.17, 15) is 10.1 Å². The van der Waals surface area contributed by atoms with E-state index in [2.05, 4.69) is 26.9 Å². The maximum atomic E-state index is 12.9. The Morgan fingerprint density at radius 2 is 1.64 bits per heavy atom. The molecular weight excluding hydrogens is 352 g/mol. The van der Waals surface area contributed by atoms with Crippen LogP contribution in [0.3, 0.4) is 0 Å². The highest BCUT2D eigenvalue weighted by Crippen LogP contribution is 2.27. The van der Waals surface area contributed by atoms with Gasteiger partial charge < -0.3 is 5.32 Å². The van der Waals surface area contributed by atoms with Crippen molar-refractivity contribution in [1.29, 1.82) is 5.26 Å². The second kappa shape index (κ2) is 7.51. The van der Waals surface area contributed by atoms with Gasteiger partial charge in [-0.1, -0.05) is 36.4 Å². The molecule has 0 aliphatic heterocycles. The number of amides is 1. The molecule has 1 aromatic heterocycles. The quantitative estimate of drug-likeness (QED) is 0.597. The standard InChI is InChI=1S/C21H14N6O/c22-13-15-5-1-2-6-18(15)19-7-3-4-8-20(19)21(28)24-16-9-11-17(12-10-16)27-14-23-25-26-27/h1-12,14H,(H,24,28). The average Bonchev–Trinajstić information content (AvgIpc) is 3.29. The number of hydrogen-bond donors (Lipinski definition) is 1. The van der Waals surface area contributed by atoms with Gasteiger partial charge in [-0.05, 0) is 52.4 Å². The summed E-state index contributed by atoms with van der Waals surface area (Å²) in [5.74, 6) is -0.251. The van der Waals surface area contributed by atoms with E-state index in [1.54, 1.807) is 36.4 Å². The molecule has 0 bridgehead atoms. The molecule has 1 heterocycles. The van der Waals surface area contributed by atoms with Gasteiger partial charge in [0.2, 0.25) is 0 Å². The van der Waals surface area contributed by atoms with Crippen molar-refractivity contribution in [2.45, 2.75) is 0 Å². The molecule has 28 heavy (non-hydrogen) atoms. The van der Waals surface area contributed by atoms with E-state index in [1.807, 2.05) is 36.4 Å². The van der Waals surface area contributed by atoms with Crippen molar-refractivity contribution in [3.8, 4) is 22.9 Å². The number of hydrogen-bond acceptors (Lipinski definition) is 5. The third kappa shape index (κ3) is 3.34. The van der Waals surface area contributed by atoms with Gasteiger partial charge in [0.25, 0.3) is 5.91 Å². The van der Waals surface area contributed by atoms with Crippen molar-refractivity contribution in [1.82, 2.24) is 20.2 Å². The predicted molar refractivity (Wildman–Crippen MR) is 104 cm³/mol. The number of aromatic nitrogens is 4. The van der Waals surface area contributed by atoms with Gasteiger partial charge in [0.1, 0.15) is 6.33 Å². The minimum atomic E-state index is -0.251. The largest absolute Gasteiger partial charge is 0.322 e. The molecule has 0 saturated carbocycles. The van der Waals surface area contributed by atoms with E-state index in [-0.39, 0.29) is 5.91 Å². The summed E-state index contributed by atoms with van der Waals surface area (Å²) in [6.07, 6.45) is 1.50. The van der Waals surface area contributed by atoms with Crippen LogP contribution in [0.1, 0.15) is 15.9 Å². The van der Waals surface area contributed by atoms with Crippen LogP contribution in [0.4, 0.5) is 5.69 Å². The molecule has 0 unspecified atom stereocenters. The Morgan fingerprint density at radius 3 is 2.36 bits per heavy atom. The van der Waals surface area contributed by atoms with Crippen molar-refractivity contribution in [2.75, 3.05) is 5.32 Å². The monoisotopic (exact) mass is 366 g/mol. The number of carbonyl (C=O) groups excluding carboxylic acids is 1. The third-order valence-electron chi connectivity index (χ3n) is 4.25. The normalized spacial score (nSPS) is 10.2. The molecule has 3 aromatic carbocycles. The summed E-state index contributed by atoms with van der Waals surface area (Å²) in [5.41, 5.74) is 3.88. The van der Waals surface area contributed by atoms with E-state index in [0.29, 0.717) is 22.4 Å². The van der Waals surface area contributed by atoms with Crippen LogP contribution in [-0.4, -0.2) is 26.1 Å². The first-order valence-corrected chi connectivity index (χ1v) is 8.49. The molecular formula is C21H14N6O. The molecule has 134 valence electrons. The van der Waals surface area contributed by atoms with Crippen molar-refractivity contribution in [3.63, 3.8) is 0 Å². The van der Waals surface area contributed by atoms with Gasteiger partial charge >= 0.3 is 0 Å². The van der Waals surface area contributed by atoms with Gasteiger partial charge in [0.15, 0.2) is 0 Å². The topological polar surface area (TPSA) is 96.5 Å². The fourth-order valence-corrected chi connectivity index (χ4v) is 2.91. The lowest BCUT2D eigenvalue weighted by molar-refractivity contribution is 0.102. The van der Waals surface area contributed by atoms with Gasteiger partial charge in [-0.2, -0.15) is 5.26 Å². The molecule has 4 aromatic rings. The Bertz CT molecular complexity index is 1160. The third-order valence-corrected chi connectivity index (χ3v) is 4.25. The van der Waals surface area contributed by atoms with Crippen molar-refractivity contribution in [3.05, 3.63) is 90.3 Å². The molecule has 4 rings (SSSR count). The minimum absolute atomic E-state index is 0.251. The smallest absolute Gasteiger partial charge is 0.256 e. The van der Waals surface area contributed by atoms with Crippen LogP contribution in [-0.2, 0) is 0 Å². The molecule has 0 aliphatic carbocycles. The van der Waals surface area contributed by atoms with Crippen LogP contribution in [0.25, 0.3) is 16.8 Å². The van der Waals surface area contributed by atoms with E-state index < -0.39 is 0 Å². The number of tetrazole rings is 1. The maximum absolute atomic E-state index is 12.9. The van der Waals surface area contributed by atoms with Crippen LogP contribution >= 0.6 is 0 Å². The number of carbonyl (C=O) groups is 1. The molecule has 0 saturated heterocycles. The summed E-state index contributed by atoms with van der Waals surface area (Å²) in [6.45, 7) is 0. The first-order valence-electron chi connectivity index (χ1n) is 8.49. The van der Waals surface area contributed by atoms with Gasteiger partial charge in [-0.3, -0.25) is 4.79 Å². The fraction of sp³-hybridized carbons (Fsp3) is 0. The lowest BCUT2D eigenvalue weighted by Crippen LogP contribution is -2.13. The van der Waals surface area contributed by atoms with Crippen molar-refractivity contribution >= 4 is 11.6 Å². The first kappa shape index (κ1) is 17.1. The zero-order valence-corrected chi connectivity index (χ0v) is 14.6. The molecule has 0 radical (unpaired) electrons. The van der Waals surface area contributed by atoms with E-state index in [4.69, 9.17) is 0 Å². The number of nitriles is 1. The lowest BCUT2D eigenvalue weighted by Gasteiger charge is -2.12. The zero-order valence-electron chi connectivity index (χ0n) is 14.6. The first-order chi connectivity index (χ1) is 13.8. The number of rotatable bonds is 4. The Hall–Kier alpha value is -4.31. The molecule has 0 fully saturated rings. The van der Waals surface area contributed by atoms with Crippen LogP contribution in [0.5, 0.6) is 0 Å². The summed E-state index contributed by atoms with van der Waals surface area (Å²) in [6, 6.07) is 23.8. The molecule has 1 amide bonds. The Balaban J connectivity index is 1.62. The van der Waals surface area contributed by atoms with Crippen molar-refractivity contribution in [2.24, 2.45) is 0 Å². The number of anilines is 1. The summed E-state index contributed by atoms with van der Waals surface area (Å²) < 4.78 is 1.53. The molecule has 1 N–H and O–H groups in total. The van der Waals surface area contributed by atoms with Crippen LogP contribution in [0, 0.1) is 11.3 Å². The maximum Gasteiger partial charge on any atom is 0.256 e. The molecule has 7 nitrogen and oxygen atoms in total. The Morgan fingerprint density at radius 1 is 0.929 bits per heavy atom. The summed E-state index contributed by atoms with van der Waals surface area (Å²) >= 11 is 0. The number of nitrogens with zero attached hydrogens (tertiary/aromatic N) is 5. The minimum Gasteiger partial charge on any atom is -0.322 e. The van der Waals surface area contributed by atoms with Crippen molar-refractivity contribution < 1.29 is 4.79 Å². The van der Waals surface area contributed by atoms with E-state index >= 15 is 0 Å². The lowest BCUT2D eigenvalue weighted by atomic mass is 9.95. The molecule has 0 atom stereocenters. The summed E-state index contributed by atoms with van der Waals surface area (Å²) in [5, 5.41) is 23.3. The highest BCUT2D eigenvalue weighted by atomic mass is 16.1. The Kier molecular flexibility index (Phi) is 4.59. The highest BCUT2D eigenvalue weighted by Gasteiger charge is 2.15. The highest BCUT2D eigenvalue weighted by molar-refractivity contribution is 6.09. The fourth-order valence-electron chi connectivity index (χ4n) is 2.91. The summed E-state index contributed by atoms with van der Waals surface area (Å²) in [7, 11) is 0. The zero-order chi connectivity index (χ0) is 19.3. The van der Waals surface area contributed by atoms with Gasteiger partial charge in [0.05, 0.1) is 17.3 Å². The van der Waals surface area contributed by atoms with Crippen LogP contribution in [0.2, 0.25) is 0 Å². The molecule has 0 aliphatic rings. The average molecular weight is 366 g/mol. The van der Waals surface area contributed by atoms with Crippen LogP contribution in [0.15, 0.2) is 79.1 Å². The predicted octanol–water partition coefficient (Wildman–Crippen LogP) is 3.45. The van der Waals surface area contributed by atoms with E-state index in [1.165, 1.54) is 11.0 Å². The number of nitrogens with one attached hydrogen (secondary N) is 1. The van der Waals surface area contributed by atoms with Gasteiger partial charge in [0, 0.05) is 16.8 Å². The molecule has 0 spiro atoms.